The molecule has 38 heavy (non-hydrogen) atoms. The van der Waals surface area contributed by atoms with Crippen LogP contribution in [0.4, 0.5) is 45.5 Å². The lowest BCUT2D eigenvalue weighted by molar-refractivity contribution is 0.797. The first-order valence-corrected chi connectivity index (χ1v) is 13.2. The Morgan fingerprint density at radius 3 is 1.16 bits per heavy atom. The molecule has 4 N–H and O–H groups in total. The number of unbranched alkanes of at least 4 members (excludes halogenated alkanes) is 1. The first kappa shape index (κ1) is 25.0. The van der Waals surface area contributed by atoms with Crippen molar-refractivity contribution in [1.29, 1.82) is 0 Å². The lowest BCUT2D eigenvalue weighted by Gasteiger charge is -2.25. The fraction of sp³-hybridized carbons (Fsp3) is 0.118. The van der Waals surface area contributed by atoms with Crippen LogP contribution in [0.1, 0.15) is 25.3 Å². The zero-order valence-electron chi connectivity index (χ0n) is 21.7. The van der Waals surface area contributed by atoms with Gasteiger partial charge in [-0.15, -0.1) is 0 Å². The molecule has 0 spiro atoms. The highest BCUT2D eigenvalue weighted by Crippen LogP contribution is 2.44. The van der Waals surface area contributed by atoms with E-state index in [0.717, 1.165) is 64.8 Å². The van der Waals surface area contributed by atoms with E-state index in [2.05, 4.69) is 107 Å². The van der Waals surface area contributed by atoms with Crippen LogP contribution in [0.3, 0.4) is 0 Å². The SMILES string of the molecule is CCCCc1c(Nc2ccccc2)c(Nc2ccccc2)[c]c(Nc2ccccc2)c1Nc1ccccc1. The summed E-state index contributed by atoms with van der Waals surface area (Å²) in [5, 5.41) is 14.7. The third-order valence-electron chi connectivity index (χ3n) is 6.31. The Balaban J connectivity index is 1.70. The minimum atomic E-state index is 0.892. The number of hydrogen-bond donors (Lipinski definition) is 4. The molecule has 0 bridgehead atoms. The van der Waals surface area contributed by atoms with E-state index in [4.69, 9.17) is 0 Å². The lowest BCUT2D eigenvalue weighted by atomic mass is 9.99. The van der Waals surface area contributed by atoms with Crippen LogP contribution < -0.4 is 21.3 Å². The predicted molar refractivity (Wildman–Crippen MR) is 163 cm³/mol. The van der Waals surface area contributed by atoms with Gasteiger partial charge < -0.3 is 21.3 Å². The zero-order valence-corrected chi connectivity index (χ0v) is 21.7. The molecule has 0 heterocycles. The summed E-state index contributed by atoms with van der Waals surface area (Å²) in [7, 11) is 0. The molecule has 5 aromatic carbocycles. The number of hydrogen-bond acceptors (Lipinski definition) is 4. The van der Waals surface area contributed by atoms with Crippen molar-refractivity contribution in [2.45, 2.75) is 26.2 Å². The van der Waals surface area contributed by atoms with Gasteiger partial charge >= 0.3 is 0 Å². The third-order valence-corrected chi connectivity index (χ3v) is 6.31. The normalized spacial score (nSPS) is 10.6. The molecule has 5 aromatic rings. The third kappa shape index (κ3) is 6.34. The van der Waals surface area contributed by atoms with E-state index in [0.29, 0.717) is 0 Å². The van der Waals surface area contributed by atoms with Crippen LogP contribution in [0, 0.1) is 6.07 Å². The Morgan fingerprint density at radius 1 is 0.474 bits per heavy atom. The number of benzene rings is 5. The molecule has 4 heteroatoms. The van der Waals surface area contributed by atoms with Gasteiger partial charge in [-0.2, -0.15) is 0 Å². The summed E-state index contributed by atoms with van der Waals surface area (Å²) in [6, 6.07) is 44.9. The summed E-state index contributed by atoms with van der Waals surface area (Å²) in [5.74, 6) is 0. The maximum atomic E-state index is 3.73. The van der Waals surface area contributed by atoms with Crippen LogP contribution in [-0.4, -0.2) is 0 Å². The Morgan fingerprint density at radius 2 is 0.816 bits per heavy atom. The summed E-state index contributed by atoms with van der Waals surface area (Å²) >= 11 is 0. The molecule has 0 saturated heterocycles. The number of nitrogens with one attached hydrogen (secondary N) is 4. The average molecular weight is 498 g/mol. The maximum absolute atomic E-state index is 3.73. The van der Waals surface area contributed by atoms with Gasteiger partial charge in [-0.3, -0.25) is 0 Å². The van der Waals surface area contributed by atoms with E-state index in [9.17, 15) is 0 Å². The molecule has 0 fully saturated rings. The molecular formula is C34H33N4. The van der Waals surface area contributed by atoms with Gasteiger partial charge in [-0.1, -0.05) is 86.1 Å². The molecule has 0 aliphatic carbocycles. The summed E-state index contributed by atoms with van der Waals surface area (Å²) in [5.41, 5.74) is 9.11. The van der Waals surface area contributed by atoms with Crippen LogP contribution in [0.15, 0.2) is 121 Å². The smallest absolute Gasteiger partial charge is 0.0730 e. The summed E-state index contributed by atoms with van der Waals surface area (Å²) < 4.78 is 0. The molecule has 189 valence electrons. The Bertz CT molecular complexity index is 1310. The summed E-state index contributed by atoms with van der Waals surface area (Å²) in [6.45, 7) is 2.23. The number of para-hydroxylation sites is 4. The van der Waals surface area contributed by atoms with Crippen molar-refractivity contribution in [2.75, 3.05) is 21.3 Å². The molecule has 0 amide bonds. The molecule has 4 nitrogen and oxygen atoms in total. The molecular weight excluding hydrogens is 464 g/mol. The minimum Gasteiger partial charge on any atom is -0.354 e. The predicted octanol–water partition coefficient (Wildman–Crippen LogP) is 9.80. The van der Waals surface area contributed by atoms with E-state index in [1.165, 1.54) is 5.56 Å². The van der Waals surface area contributed by atoms with Gasteiger partial charge in [0, 0.05) is 34.4 Å². The van der Waals surface area contributed by atoms with Crippen molar-refractivity contribution < 1.29 is 0 Å². The van der Waals surface area contributed by atoms with E-state index < -0.39 is 0 Å². The van der Waals surface area contributed by atoms with Crippen molar-refractivity contribution >= 4 is 45.5 Å². The first-order valence-electron chi connectivity index (χ1n) is 13.2. The van der Waals surface area contributed by atoms with Crippen molar-refractivity contribution in [3.05, 3.63) is 133 Å². The van der Waals surface area contributed by atoms with Gasteiger partial charge in [0.05, 0.1) is 22.7 Å². The van der Waals surface area contributed by atoms with E-state index >= 15 is 0 Å². The monoisotopic (exact) mass is 497 g/mol. The molecule has 0 atom stereocenters. The van der Waals surface area contributed by atoms with Crippen LogP contribution >= 0.6 is 0 Å². The second-order valence-electron chi connectivity index (χ2n) is 9.17. The van der Waals surface area contributed by atoms with E-state index in [1.54, 1.807) is 0 Å². The molecule has 0 aromatic heterocycles. The maximum Gasteiger partial charge on any atom is 0.0730 e. The van der Waals surface area contributed by atoms with Crippen molar-refractivity contribution in [2.24, 2.45) is 0 Å². The van der Waals surface area contributed by atoms with Gasteiger partial charge in [-0.25, -0.2) is 0 Å². The molecule has 5 rings (SSSR count). The standard InChI is InChI=1S/C34H33N4/c1-2-3-24-30-33(37-28-20-12-6-13-21-28)31(35-26-16-8-4-9-17-26)25-32(36-27-18-10-5-11-19-27)34(30)38-29-22-14-7-15-23-29/h4-23,35-38H,2-3,24H2,1H3. The molecule has 0 aliphatic rings. The van der Waals surface area contributed by atoms with Gasteiger partial charge in [0.15, 0.2) is 0 Å². The van der Waals surface area contributed by atoms with Crippen molar-refractivity contribution in [3.63, 3.8) is 0 Å². The van der Waals surface area contributed by atoms with E-state index in [-0.39, 0.29) is 0 Å². The largest absolute Gasteiger partial charge is 0.354 e. The molecule has 1 radical (unpaired) electrons. The highest BCUT2D eigenvalue weighted by Gasteiger charge is 2.20. The van der Waals surface area contributed by atoms with Gasteiger partial charge in [0.25, 0.3) is 0 Å². The minimum absolute atomic E-state index is 0.892. The van der Waals surface area contributed by atoms with E-state index in [1.807, 2.05) is 48.5 Å². The van der Waals surface area contributed by atoms with Crippen LogP contribution in [0.5, 0.6) is 0 Å². The second-order valence-corrected chi connectivity index (χ2v) is 9.17. The van der Waals surface area contributed by atoms with Crippen LogP contribution in [-0.2, 0) is 6.42 Å². The van der Waals surface area contributed by atoms with Crippen molar-refractivity contribution in [1.82, 2.24) is 0 Å². The summed E-state index contributed by atoms with van der Waals surface area (Å²) in [6.07, 6.45) is 3.06. The molecule has 0 aliphatic heterocycles. The highest BCUT2D eigenvalue weighted by molar-refractivity contribution is 5.94. The number of rotatable bonds is 11. The molecule has 0 unspecified atom stereocenters. The summed E-state index contributed by atoms with van der Waals surface area (Å²) in [4.78, 5) is 0. The fourth-order valence-corrected chi connectivity index (χ4v) is 4.41. The Kier molecular flexibility index (Phi) is 8.22. The number of anilines is 8. The quantitative estimate of drug-likeness (QED) is 0.147. The van der Waals surface area contributed by atoms with Crippen LogP contribution in [0.25, 0.3) is 0 Å². The topological polar surface area (TPSA) is 48.1 Å². The average Bonchev–Trinajstić information content (AvgIpc) is 2.97. The lowest BCUT2D eigenvalue weighted by Crippen LogP contribution is -2.09. The van der Waals surface area contributed by atoms with Gasteiger partial charge in [0.1, 0.15) is 0 Å². The molecule has 0 saturated carbocycles. The first-order chi connectivity index (χ1) is 18.8. The van der Waals surface area contributed by atoms with Crippen molar-refractivity contribution in [3.8, 4) is 0 Å². The Labute approximate surface area is 225 Å². The fourth-order valence-electron chi connectivity index (χ4n) is 4.41. The second kappa shape index (κ2) is 12.5. The highest BCUT2D eigenvalue weighted by atomic mass is 15.0. The zero-order chi connectivity index (χ0) is 26.0. The Hall–Kier alpha value is -4.70. The van der Waals surface area contributed by atoms with Gasteiger partial charge in [0.2, 0.25) is 0 Å². The van der Waals surface area contributed by atoms with Gasteiger partial charge in [-0.05, 0) is 61.4 Å². The van der Waals surface area contributed by atoms with Crippen LogP contribution in [0.2, 0.25) is 0 Å².